The topological polar surface area (TPSA) is 436 Å². The largest absolute Gasteiger partial charge is 0.454 e. The van der Waals surface area contributed by atoms with Gasteiger partial charge in [-0.15, -0.1) is 40.4 Å². The molecule has 45 heteroatoms. The van der Waals surface area contributed by atoms with Crippen LogP contribution >= 0.6 is 34.0 Å². The molecule has 0 saturated heterocycles. The molecule has 6 amide bonds. The fourth-order valence-corrected chi connectivity index (χ4v) is 13.4. The van der Waals surface area contributed by atoms with E-state index in [0.717, 1.165) is 23.3 Å². The number of terminal acetylenes is 1. The number of hydrogen-bond donors (Lipinski definition) is 6. The van der Waals surface area contributed by atoms with Crippen LogP contribution in [0, 0.1) is 61.1 Å². The van der Waals surface area contributed by atoms with E-state index in [1.54, 1.807) is 77.1 Å². The third-order valence-electron chi connectivity index (χ3n) is 17.5. The normalized spacial score (nSPS) is 10.4. The van der Waals surface area contributed by atoms with Gasteiger partial charge < -0.3 is 60.3 Å². The summed E-state index contributed by atoms with van der Waals surface area (Å²) >= 11 is 3.17. The van der Waals surface area contributed by atoms with Crippen molar-refractivity contribution in [2.75, 3.05) is 31.9 Å². The summed E-state index contributed by atoms with van der Waals surface area (Å²) in [6, 6.07) is 40.3. The van der Waals surface area contributed by atoms with Crippen molar-refractivity contribution < 1.29 is 92.3 Å². The van der Waals surface area contributed by atoms with Gasteiger partial charge in [-0.25, -0.2) is 101 Å². The highest BCUT2D eigenvalue weighted by molar-refractivity contribution is 7.11. The van der Waals surface area contributed by atoms with Gasteiger partial charge in [0.2, 0.25) is 0 Å². The number of hydrogen-bond acceptors (Lipinski definition) is 31. The standard InChI is InChI=1S/C19H12FN3O2.C18H14FN3O2.C17H13FN4O2.C16H11F3N4O2S.2C14H9FN4O2S/c1-2-13-4-3-5-14(6-13)19(24)23-16-7-15(20)8-17(9-16)25-18-10-21-12-22-11-18;1-12-3-2-4-13(5-12)18(23)22-15-6-14(19)7-16(8-15)24-17-9-20-11-21-10-17;1-11-2-3-21-16(4-11)17(23)22-13-5-12(18)6-14(7-13)24-15-8-19-10-20-9-15;1-16(18,19)15-23-13(7-26-15)14(24)22-10-2-9(17)3-11(4-10)25-12-5-20-8-21-6-12;15-9-1-10(19-14(20)13-6-22-8-18-13)3-11(2-9)21-12-4-16-7-17-5-12;15-9-3-10(19-13(20)14-18-1-2-22-14)5-11(4-9)21-12-6-16-8-17-7-12/h1,3-12H,(H,23,24);2-11H,1H3,(H,22,23);2-10H,1H3,(H,22,23);2-8H,1H3,(H,22,24);2*1-8H,(H,19,20). The average Bonchev–Trinajstić information content (AvgIpc) is 1.70. The number of carbonyl (C=O) groups excluding carboxylic acids is 6. The molecule has 18 aromatic rings. The minimum absolute atomic E-state index is 0.0830. The highest BCUT2D eigenvalue weighted by Crippen LogP contribution is 2.35. The van der Waals surface area contributed by atoms with E-state index in [9.17, 15) is 63.9 Å². The van der Waals surface area contributed by atoms with E-state index in [1.807, 2.05) is 19.9 Å². The quantitative estimate of drug-likeness (QED) is 0.0229. The molecule has 0 aliphatic carbocycles. The Bertz CT molecular complexity index is 7170. The number of nitrogens with one attached hydrogen (secondary N) is 6. The van der Waals surface area contributed by atoms with Gasteiger partial charge in [0.05, 0.1) is 79.9 Å². The molecule has 0 aliphatic heterocycles. The fraction of sp³-hybridized carbons (Fsp3) is 0.0408. The second-order valence-corrected chi connectivity index (χ2v) is 31.3. The van der Waals surface area contributed by atoms with Gasteiger partial charge in [0.25, 0.3) is 41.4 Å². The van der Waals surface area contributed by atoms with Crippen LogP contribution in [0.3, 0.4) is 0 Å². The van der Waals surface area contributed by atoms with E-state index < -0.39 is 75.4 Å². The van der Waals surface area contributed by atoms with Crippen LogP contribution in [-0.2, 0) is 5.92 Å². The van der Waals surface area contributed by atoms with Gasteiger partial charge in [-0.05, 0) is 98.3 Å². The second kappa shape index (κ2) is 50.1. The van der Waals surface area contributed by atoms with Crippen LogP contribution in [0.25, 0.3) is 0 Å². The van der Waals surface area contributed by atoms with Gasteiger partial charge in [-0.3, -0.25) is 33.8 Å². The van der Waals surface area contributed by atoms with Crippen LogP contribution in [0.1, 0.15) is 90.6 Å². The first kappa shape index (κ1) is 101. The van der Waals surface area contributed by atoms with Gasteiger partial charge in [-0.2, -0.15) is 8.78 Å². The van der Waals surface area contributed by atoms with Gasteiger partial charge in [0.1, 0.15) is 124 Å². The number of nitrogens with zero attached hydrogens (tertiary/aromatic N) is 16. The lowest BCUT2D eigenvalue weighted by molar-refractivity contribution is 0.0171. The van der Waals surface area contributed by atoms with Crippen molar-refractivity contribution in [1.29, 1.82) is 0 Å². The van der Waals surface area contributed by atoms with E-state index >= 15 is 0 Å². The molecule has 716 valence electrons. The smallest absolute Gasteiger partial charge is 0.296 e. The number of anilines is 6. The molecule has 0 atom stereocenters. The number of aromatic nitrogens is 16. The number of pyridine rings is 1. The monoisotopic (exact) mass is 1990 g/mol. The molecular weight excluding hydrogens is 1930 g/mol. The highest BCUT2D eigenvalue weighted by atomic mass is 32.1. The summed E-state index contributed by atoms with van der Waals surface area (Å²) in [5.74, 6) is -3.43. The number of aryl methyl sites for hydroxylation is 2. The zero-order valence-corrected chi connectivity index (χ0v) is 76.4. The van der Waals surface area contributed by atoms with Crippen molar-refractivity contribution in [2.45, 2.75) is 26.7 Å². The molecule has 8 aromatic carbocycles. The van der Waals surface area contributed by atoms with Crippen LogP contribution in [0.2, 0.25) is 0 Å². The molecule has 0 saturated carbocycles. The summed E-state index contributed by atoms with van der Waals surface area (Å²) in [6.45, 7) is 4.44. The molecular formula is C98H68F8N22O12S3. The van der Waals surface area contributed by atoms with Gasteiger partial charge in [0.15, 0.2) is 44.5 Å². The zero-order valence-electron chi connectivity index (χ0n) is 73.9. The first-order chi connectivity index (χ1) is 69.0. The van der Waals surface area contributed by atoms with E-state index in [1.165, 1.54) is 244 Å². The number of amides is 6. The van der Waals surface area contributed by atoms with Crippen molar-refractivity contribution in [3.05, 3.63) is 406 Å². The van der Waals surface area contributed by atoms with Crippen molar-refractivity contribution in [2.24, 2.45) is 0 Å². The third kappa shape index (κ3) is 32.8. The predicted octanol–water partition coefficient (Wildman–Crippen LogP) is 21.4. The first-order valence-electron chi connectivity index (χ1n) is 41.0. The molecule has 143 heavy (non-hydrogen) atoms. The molecule has 0 fully saturated rings. The zero-order chi connectivity index (χ0) is 101. The number of halogens is 8. The van der Waals surface area contributed by atoms with Crippen LogP contribution in [0.15, 0.2) is 316 Å². The van der Waals surface area contributed by atoms with Crippen molar-refractivity contribution in [1.82, 2.24) is 79.7 Å². The minimum atomic E-state index is -3.14. The Balaban J connectivity index is 0.000000144. The number of carbonyl (C=O) groups is 6. The fourth-order valence-electron chi connectivity index (χ4n) is 11.6. The number of alkyl halides is 2. The average molecular weight is 1990 g/mol. The van der Waals surface area contributed by atoms with Gasteiger partial charge in [0, 0.05) is 159 Å². The van der Waals surface area contributed by atoms with Crippen LogP contribution < -0.4 is 60.3 Å². The third-order valence-corrected chi connectivity index (χ3v) is 19.9. The maximum absolute atomic E-state index is 13.8. The molecule has 0 unspecified atom stereocenters. The minimum Gasteiger partial charge on any atom is -0.454 e. The number of ether oxygens (including phenoxy) is 6. The maximum Gasteiger partial charge on any atom is 0.296 e. The molecule has 34 nitrogen and oxygen atoms in total. The Hall–Kier alpha value is -19.1. The molecule has 6 N–H and O–H groups in total. The summed E-state index contributed by atoms with van der Waals surface area (Å²) in [4.78, 5) is 134. The Morgan fingerprint density at radius 2 is 0.650 bits per heavy atom. The molecule has 10 aromatic heterocycles. The summed E-state index contributed by atoms with van der Waals surface area (Å²) in [5.41, 5.74) is 6.64. The lowest BCUT2D eigenvalue weighted by Gasteiger charge is -2.09. The van der Waals surface area contributed by atoms with E-state index in [4.69, 9.17) is 34.8 Å². The molecule has 0 spiro atoms. The van der Waals surface area contributed by atoms with Crippen molar-refractivity contribution >= 4 is 104 Å². The van der Waals surface area contributed by atoms with Crippen molar-refractivity contribution in [3.8, 4) is 81.3 Å². The Labute approximate surface area is 817 Å². The summed E-state index contributed by atoms with van der Waals surface area (Å²) in [6.07, 6.45) is 33.8. The van der Waals surface area contributed by atoms with E-state index in [2.05, 4.69) is 118 Å². The van der Waals surface area contributed by atoms with Crippen LogP contribution in [0.4, 0.5) is 69.2 Å². The number of thiazole rings is 3. The lowest BCUT2D eigenvalue weighted by atomic mass is 10.1. The Morgan fingerprint density at radius 3 is 0.958 bits per heavy atom. The lowest BCUT2D eigenvalue weighted by Crippen LogP contribution is -2.14. The highest BCUT2D eigenvalue weighted by Gasteiger charge is 2.30. The number of benzene rings is 8. The molecule has 10 heterocycles. The second-order valence-electron chi connectivity index (χ2n) is 28.8. The Morgan fingerprint density at radius 1 is 0.329 bits per heavy atom. The molecule has 0 aliphatic rings. The van der Waals surface area contributed by atoms with Gasteiger partial charge in [-0.1, -0.05) is 29.7 Å². The van der Waals surface area contributed by atoms with Gasteiger partial charge >= 0.3 is 0 Å². The van der Waals surface area contributed by atoms with E-state index in [0.29, 0.717) is 74.4 Å². The summed E-state index contributed by atoms with van der Waals surface area (Å²) in [7, 11) is 0. The predicted molar refractivity (Wildman–Crippen MR) is 509 cm³/mol. The number of rotatable bonds is 25. The summed E-state index contributed by atoms with van der Waals surface area (Å²) < 4.78 is 142. The maximum atomic E-state index is 13.8. The summed E-state index contributed by atoms with van der Waals surface area (Å²) in [5, 5.41) is 19.7. The first-order valence-corrected chi connectivity index (χ1v) is 43.7. The van der Waals surface area contributed by atoms with Crippen LogP contribution in [0.5, 0.6) is 69.0 Å². The van der Waals surface area contributed by atoms with Crippen molar-refractivity contribution in [3.63, 3.8) is 0 Å². The van der Waals surface area contributed by atoms with Crippen LogP contribution in [-0.4, -0.2) is 115 Å². The SMILES string of the molecule is C#Cc1cccc(C(=O)Nc2cc(F)cc(Oc3cncnc3)c2)c1.CC(F)(F)c1nc(C(=O)Nc2cc(F)cc(Oc3cncnc3)c2)cs1.Cc1cccc(C(=O)Nc2cc(F)cc(Oc3cncnc3)c2)c1.Cc1ccnc(C(=O)Nc2cc(F)cc(Oc3cncnc3)c2)c1.O=C(Nc1cc(F)cc(Oc2cncnc2)c1)c1cscn1.O=C(Nc1cc(F)cc(Oc2cncnc2)c1)c1nccs1. The molecule has 18 rings (SSSR count). The van der Waals surface area contributed by atoms with E-state index in [-0.39, 0.29) is 91.7 Å². The molecule has 0 bridgehead atoms. The Kier molecular flexibility index (Phi) is 35.5. The molecule has 0 radical (unpaired) electrons.